The van der Waals surface area contributed by atoms with Crippen LogP contribution in [-0.2, 0) is 9.53 Å². The third kappa shape index (κ3) is 3.72. The molecule has 5 aliphatic carbocycles. The minimum absolute atomic E-state index is 0.0259. The van der Waals surface area contributed by atoms with Gasteiger partial charge >= 0.3 is 6.09 Å². The number of hydrogen-bond acceptors (Lipinski definition) is 5. The van der Waals surface area contributed by atoms with Gasteiger partial charge < -0.3 is 14.6 Å². The van der Waals surface area contributed by atoms with Crippen molar-refractivity contribution in [3.05, 3.63) is 18.7 Å². The number of nitrogens with zero attached hydrogens (tertiary/aromatic N) is 2. The Hall–Kier alpha value is -1.69. The number of carbonyl (C=O) groups excluding carboxylic acids is 2. The van der Waals surface area contributed by atoms with Crippen LogP contribution < -0.4 is 0 Å². The zero-order chi connectivity index (χ0) is 28.7. The molecule has 5 aliphatic rings. The normalized spacial score (nSPS) is 48.2. The van der Waals surface area contributed by atoms with Crippen LogP contribution in [0.3, 0.4) is 0 Å². The maximum absolute atomic E-state index is 12.9. The van der Waals surface area contributed by atoms with Gasteiger partial charge in [0, 0.05) is 23.7 Å². The molecule has 0 aliphatic heterocycles. The summed E-state index contributed by atoms with van der Waals surface area (Å²) in [6.07, 6.45) is 16.6. The molecule has 1 aromatic heterocycles. The lowest BCUT2D eigenvalue weighted by Crippen LogP contribution is -2.67. The van der Waals surface area contributed by atoms with Crippen molar-refractivity contribution >= 4 is 12.4 Å². The number of fused-ring (bicyclic) bond motifs is 7. The van der Waals surface area contributed by atoms with Gasteiger partial charge in [0.2, 0.25) is 0 Å². The largest absolute Gasteiger partial charge is 0.448 e. The van der Waals surface area contributed by atoms with E-state index in [0.717, 1.165) is 32.1 Å². The minimum atomic E-state index is -0.352. The van der Waals surface area contributed by atoms with Crippen LogP contribution in [0.4, 0.5) is 4.79 Å². The first kappa shape index (κ1) is 28.4. The standard InChI is InChI=1S/C34H52N2O4/c1-22(19-37)23-9-14-34(20-40-29(39)36-18-17-35-21-36)16-15-32(5)24(28(23)34)7-8-26-31(4)12-11-27(38)30(2,3)25(31)10-13-33(26,32)6/h17-19,21-28,38H,7-16,20H2,1-6H3/t22-,23-,24+,25-,26+,27-,28+,31-,32+,33+,34+/m0/s1. The van der Waals surface area contributed by atoms with Crippen LogP contribution in [0.2, 0.25) is 0 Å². The second-order valence-corrected chi connectivity index (χ2v) is 16.2. The van der Waals surface area contributed by atoms with Crippen molar-refractivity contribution in [1.29, 1.82) is 0 Å². The van der Waals surface area contributed by atoms with Crippen molar-refractivity contribution < 1.29 is 19.4 Å². The van der Waals surface area contributed by atoms with Crippen LogP contribution in [0.5, 0.6) is 0 Å². The van der Waals surface area contributed by atoms with E-state index in [4.69, 9.17) is 4.74 Å². The summed E-state index contributed by atoms with van der Waals surface area (Å²) in [4.78, 5) is 29.1. The number of aliphatic hydroxyl groups is 1. The van der Waals surface area contributed by atoms with Gasteiger partial charge in [0.1, 0.15) is 12.6 Å². The maximum Gasteiger partial charge on any atom is 0.419 e. The van der Waals surface area contributed by atoms with Crippen LogP contribution in [0, 0.1) is 62.6 Å². The molecule has 0 aromatic carbocycles. The molecule has 0 amide bonds. The van der Waals surface area contributed by atoms with Crippen molar-refractivity contribution in [2.24, 2.45) is 62.6 Å². The fourth-order valence-electron chi connectivity index (χ4n) is 12.4. The van der Waals surface area contributed by atoms with Crippen LogP contribution in [0.15, 0.2) is 18.7 Å². The highest BCUT2D eigenvalue weighted by atomic mass is 16.5. The zero-order valence-electron chi connectivity index (χ0n) is 25.7. The molecule has 6 nitrogen and oxygen atoms in total. The van der Waals surface area contributed by atoms with Crippen LogP contribution in [0.25, 0.3) is 0 Å². The quantitative estimate of drug-likeness (QED) is 0.401. The number of aliphatic hydroxyl groups excluding tert-OH is 1. The molecule has 222 valence electrons. The summed E-state index contributed by atoms with van der Waals surface area (Å²) in [5, 5.41) is 11.0. The van der Waals surface area contributed by atoms with E-state index in [9.17, 15) is 14.7 Å². The highest BCUT2D eigenvalue weighted by molar-refractivity contribution is 5.70. The predicted molar refractivity (Wildman–Crippen MR) is 154 cm³/mol. The van der Waals surface area contributed by atoms with Gasteiger partial charge in [-0.3, -0.25) is 0 Å². The zero-order valence-corrected chi connectivity index (χ0v) is 25.7. The Morgan fingerprint density at radius 3 is 2.48 bits per heavy atom. The van der Waals surface area contributed by atoms with Crippen LogP contribution >= 0.6 is 0 Å². The van der Waals surface area contributed by atoms with Crippen molar-refractivity contribution in [3.63, 3.8) is 0 Å². The van der Waals surface area contributed by atoms with E-state index in [1.54, 1.807) is 12.4 Å². The van der Waals surface area contributed by atoms with Gasteiger partial charge in [0.05, 0.1) is 12.7 Å². The van der Waals surface area contributed by atoms with E-state index in [1.165, 1.54) is 49.3 Å². The van der Waals surface area contributed by atoms with Crippen LogP contribution in [-0.4, -0.2) is 39.7 Å². The number of imidazole rings is 1. The van der Waals surface area contributed by atoms with Gasteiger partial charge in [-0.2, -0.15) is 0 Å². The maximum atomic E-state index is 12.9. The molecule has 1 heterocycles. The monoisotopic (exact) mass is 552 g/mol. The van der Waals surface area contributed by atoms with E-state index in [1.807, 2.05) is 0 Å². The minimum Gasteiger partial charge on any atom is -0.448 e. The van der Waals surface area contributed by atoms with Crippen molar-refractivity contribution in [3.8, 4) is 0 Å². The summed E-state index contributed by atoms with van der Waals surface area (Å²) in [5.41, 5.74) is 0.588. The predicted octanol–water partition coefficient (Wildman–Crippen LogP) is 7.15. The topological polar surface area (TPSA) is 81.4 Å². The average Bonchev–Trinajstić information content (AvgIpc) is 3.59. The van der Waals surface area contributed by atoms with E-state index in [-0.39, 0.29) is 45.2 Å². The molecule has 11 atom stereocenters. The van der Waals surface area contributed by atoms with Gasteiger partial charge in [-0.25, -0.2) is 14.3 Å². The first-order valence-electron chi connectivity index (χ1n) is 16.1. The van der Waals surface area contributed by atoms with Gasteiger partial charge in [-0.05, 0) is 115 Å². The molecule has 6 rings (SSSR count). The third-order valence-corrected chi connectivity index (χ3v) is 14.7. The molecule has 5 saturated carbocycles. The van der Waals surface area contributed by atoms with E-state index in [0.29, 0.717) is 36.2 Å². The number of ether oxygens (including phenoxy) is 1. The molecule has 0 spiro atoms. The fourth-order valence-corrected chi connectivity index (χ4v) is 12.4. The Morgan fingerprint density at radius 1 is 1.00 bits per heavy atom. The summed E-state index contributed by atoms with van der Waals surface area (Å²) < 4.78 is 7.45. The third-order valence-electron chi connectivity index (χ3n) is 14.7. The van der Waals surface area contributed by atoms with Gasteiger partial charge in [0.15, 0.2) is 0 Å². The van der Waals surface area contributed by atoms with Crippen molar-refractivity contribution in [2.75, 3.05) is 6.61 Å². The van der Waals surface area contributed by atoms with Crippen LogP contribution in [0.1, 0.15) is 106 Å². The lowest BCUT2D eigenvalue weighted by atomic mass is 9.32. The van der Waals surface area contributed by atoms with Gasteiger partial charge in [-0.15, -0.1) is 0 Å². The first-order chi connectivity index (χ1) is 18.8. The Balaban J connectivity index is 1.34. The molecule has 0 unspecified atom stereocenters. The molecule has 0 radical (unpaired) electrons. The highest BCUT2D eigenvalue weighted by Gasteiger charge is 2.71. The van der Waals surface area contributed by atoms with Crippen molar-refractivity contribution in [1.82, 2.24) is 9.55 Å². The first-order valence-corrected chi connectivity index (χ1v) is 16.1. The molecular weight excluding hydrogens is 500 g/mol. The smallest absolute Gasteiger partial charge is 0.419 e. The number of aldehydes is 1. The van der Waals surface area contributed by atoms with E-state index >= 15 is 0 Å². The fraction of sp³-hybridized carbons (Fsp3) is 0.853. The lowest BCUT2D eigenvalue weighted by molar-refractivity contribution is -0.250. The SMILES string of the molecule is C[C@@H](C=O)[C@@H]1CC[C@]2(COC(=O)n3ccnc3)CC[C@]3(C)[C@H](CC[C@@H]4[C@@]5(C)CC[C@H](O)C(C)(C)[C@@H]5CC[C@]43C)[C@@H]12. The molecule has 0 saturated heterocycles. The van der Waals surface area contributed by atoms with E-state index in [2.05, 4.69) is 46.5 Å². The lowest BCUT2D eigenvalue weighted by Gasteiger charge is -2.73. The molecule has 5 fully saturated rings. The Bertz CT molecular complexity index is 1130. The number of hydrogen-bond donors (Lipinski definition) is 1. The molecule has 0 bridgehead atoms. The summed E-state index contributed by atoms with van der Waals surface area (Å²) in [5.74, 6) is 2.52. The number of aromatic nitrogens is 2. The Morgan fingerprint density at radius 2 is 1.77 bits per heavy atom. The van der Waals surface area contributed by atoms with Crippen molar-refractivity contribution in [2.45, 2.75) is 112 Å². The molecule has 6 heteroatoms. The summed E-state index contributed by atoms with van der Waals surface area (Å²) in [6.45, 7) is 15.0. The number of carbonyl (C=O) groups is 2. The average molecular weight is 553 g/mol. The Kier molecular flexibility index (Phi) is 6.69. The number of rotatable bonds is 4. The highest BCUT2D eigenvalue weighted by Crippen LogP contribution is 2.77. The second kappa shape index (κ2) is 9.41. The molecule has 1 aromatic rings. The Labute approximate surface area is 241 Å². The molecule has 40 heavy (non-hydrogen) atoms. The van der Waals surface area contributed by atoms with E-state index < -0.39 is 0 Å². The summed E-state index contributed by atoms with van der Waals surface area (Å²) in [7, 11) is 0. The van der Waals surface area contributed by atoms with Gasteiger partial charge in [0.25, 0.3) is 0 Å². The second-order valence-electron chi connectivity index (χ2n) is 16.2. The summed E-state index contributed by atoms with van der Waals surface area (Å²) in [6, 6.07) is 0. The van der Waals surface area contributed by atoms with Gasteiger partial charge in [-0.1, -0.05) is 41.5 Å². The summed E-state index contributed by atoms with van der Waals surface area (Å²) >= 11 is 0. The molecule has 1 N–H and O–H groups in total. The molecular formula is C34H52N2O4.